The van der Waals surface area contributed by atoms with Crippen LogP contribution >= 0.6 is 11.6 Å². The summed E-state index contributed by atoms with van der Waals surface area (Å²) >= 11 is 6.08. The molecule has 0 aromatic heterocycles. The first-order chi connectivity index (χ1) is 8.50. The van der Waals surface area contributed by atoms with E-state index >= 15 is 0 Å². The Morgan fingerprint density at radius 3 is 2.67 bits per heavy atom. The van der Waals surface area contributed by atoms with Crippen LogP contribution in [0, 0.1) is 11.7 Å². The maximum Gasteiger partial charge on any atom is 0.243 e. The lowest BCUT2D eigenvalue weighted by molar-refractivity contribution is 0.517. The molecule has 6 heteroatoms. The molecule has 1 aromatic rings. The van der Waals surface area contributed by atoms with E-state index in [0.717, 1.165) is 25.3 Å². The van der Waals surface area contributed by atoms with E-state index in [2.05, 4.69) is 4.72 Å². The van der Waals surface area contributed by atoms with E-state index < -0.39 is 15.8 Å². The minimum Gasteiger partial charge on any atom is -0.211 e. The second-order valence-corrected chi connectivity index (χ2v) is 6.79. The topological polar surface area (TPSA) is 46.2 Å². The van der Waals surface area contributed by atoms with Crippen LogP contribution in [0.4, 0.5) is 4.39 Å². The van der Waals surface area contributed by atoms with Crippen LogP contribution in [0.3, 0.4) is 0 Å². The summed E-state index contributed by atoms with van der Waals surface area (Å²) < 4.78 is 39.7. The molecule has 1 aliphatic carbocycles. The summed E-state index contributed by atoms with van der Waals surface area (Å²) in [6.45, 7) is 0.269. The van der Waals surface area contributed by atoms with Crippen LogP contribution < -0.4 is 4.72 Å². The lowest BCUT2D eigenvalue weighted by Gasteiger charge is -2.14. The van der Waals surface area contributed by atoms with Crippen molar-refractivity contribution in [3.63, 3.8) is 0 Å². The van der Waals surface area contributed by atoms with Crippen molar-refractivity contribution in [1.82, 2.24) is 4.72 Å². The summed E-state index contributed by atoms with van der Waals surface area (Å²) in [6, 6.07) is 5.34. The molecular formula is C12H15ClFNO2S. The highest BCUT2D eigenvalue weighted by Gasteiger charge is 2.27. The fraction of sp³-hybridized carbons (Fsp3) is 0.500. The van der Waals surface area contributed by atoms with E-state index in [4.69, 9.17) is 11.6 Å². The third kappa shape index (κ3) is 3.02. The van der Waals surface area contributed by atoms with E-state index in [0.29, 0.717) is 0 Å². The molecule has 0 amide bonds. The van der Waals surface area contributed by atoms with Gasteiger partial charge in [-0.05, 0) is 30.9 Å². The molecule has 2 atom stereocenters. The number of nitrogens with one attached hydrogen (secondary N) is 1. The third-order valence-corrected chi connectivity index (χ3v) is 5.26. The van der Waals surface area contributed by atoms with Gasteiger partial charge in [0.25, 0.3) is 0 Å². The summed E-state index contributed by atoms with van der Waals surface area (Å²) in [6.07, 6.45) is 2.84. The molecule has 2 rings (SSSR count). The summed E-state index contributed by atoms with van der Waals surface area (Å²) in [5, 5.41) is 0.00770. The summed E-state index contributed by atoms with van der Waals surface area (Å²) in [5.41, 5.74) is 0. The van der Waals surface area contributed by atoms with Gasteiger partial charge in [0.2, 0.25) is 10.0 Å². The van der Waals surface area contributed by atoms with Crippen molar-refractivity contribution in [3.8, 4) is 0 Å². The number of alkyl halides is 1. The Bertz CT molecular complexity index is 521. The van der Waals surface area contributed by atoms with Crippen molar-refractivity contribution < 1.29 is 12.8 Å². The largest absolute Gasteiger partial charge is 0.243 e. The van der Waals surface area contributed by atoms with Gasteiger partial charge in [0.1, 0.15) is 10.7 Å². The molecule has 0 aliphatic heterocycles. The first-order valence-corrected chi connectivity index (χ1v) is 7.81. The van der Waals surface area contributed by atoms with Crippen molar-refractivity contribution in [2.24, 2.45) is 5.92 Å². The van der Waals surface area contributed by atoms with Crippen LogP contribution in [0.15, 0.2) is 29.2 Å². The van der Waals surface area contributed by atoms with Crippen LogP contribution in [-0.4, -0.2) is 20.3 Å². The molecule has 0 saturated heterocycles. The number of sulfonamides is 1. The van der Waals surface area contributed by atoms with Crippen LogP contribution in [0.5, 0.6) is 0 Å². The molecule has 1 N–H and O–H groups in total. The molecule has 1 aromatic carbocycles. The smallest absolute Gasteiger partial charge is 0.211 e. The molecule has 0 spiro atoms. The van der Waals surface area contributed by atoms with Crippen molar-refractivity contribution in [2.45, 2.75) is 29.5 Å². The number of benzene rings is 1. The number of hydrogen-bond donors (Lipinski definition) is 1. The van der Waals surface area contributed by atoms with E-state index in [1.807, 2.05) is 0 Å². The van der Waals surface area contributed by atoms with Gasteiger partial charge in [0, 0.05) is 11.9 Å². The monoisotopic (exact) mass is 291 g/mol. The van der Waals surface area contributed by atoms with Gasteiger partial charge in [-0.25, -0.2) is 17.5 Å². The highest BCUT2D eigenvalue weighted by Crippen LogP contribution is 2.29. The Morgan fingerprint density at radius 1 is 1.33 bits per heavy atom. The van der Waals surface area contributed by atoms with Crippen LogP contribution in [0.2, 0.25) is 0 Å². The van der Waals surface area contributed by atoms with Gasteiger partial charge in [0.05, 0.1) is 0 Å². The van der Waals surface area contributed by atoms with Gasteiger partial charge in [-0.2, -0.15) is 0 Å². The van der Waals surface area contributed by atoms with E-state index in [1.165, 1.54) is 18.2 Å². The summed E-state index contributed by atoms with van der Waals surface area (Å²) in [7, 11) is -3.79. The van der Waals surface area contributed by atoms with Gasteiger partial charge in [-0.15, -0.1) is 11.6 Å². The minimum atomic E-state index is -3.79. The Morgan fingerprint density at radius 2 is 2.06 bits per heavy atom. The minimum absolute atomic E-state index is 0.00770. The zero-order valence-corrected chi connectivity index (χ0v) is 11.3. The maximum atomic E-state index is 13.4. The third-order valence-electron chi connectivity index (χ3n) is 3.23. The molecule has 0 heterocycles. The van der Waals surface area contributed by atoms with Crippen LogP contribution in [0.25, 0.3) is 0 Å². The molecule has 0 bridgehead atoms. The fourth-order valence-electron chi connectivity index (χ4n) is 2.18. The molecule has 1 aliphatic rings. The van der Waals surface area contributed by atoms with Gasteiger partial charge < -0.3 is 0 Å². The average molecular weight is 292 g/mol. The van der Waals surface area contributed by atoms with Crippen LogP contribution in [0.1, 0.15) is 19.3 Å². The zero-order chi connectivity index (χ0) is 13.2. The normalized spacial score (nSPS) is 24.3. The van der Waals surface area contributed by atoms with Crippen molar-refractivity contribution in [3.05, 3.63) is 30.1 Å². The molecule has 100 valence electrons. The first-order valence-electron chi connectivity index (χ1n) is 5.89. The lowest BCUT2D eigenvalue weighted by atomic mass is 10.1. The highest BCUT2D eigenvalue weighted by molar-refractivity contribution is 7.89. The van der Waals surface area contributed by atoms with Crippen molar-refractivity contribution >= 4 is 21.6 Å². The standard InChI is InChI=1S/C12H15ClFNO2S/c13-10-5-3-4-9(10)8-15-18(16,17)12-7-2-1-6-11(12)14/h1-2,6-7,9-10,15H,3-5,8H2. The second kappa shape index (κ2) is 5.55. The van der Waals surface area contributed by atoms with Gasteiger partial charge >= 0.3 is 0 Å². The van der Waals surface area contributed by atoms with Gasteiger partial charge in [0.15, 0.2) is 0 Å². The molecular weight excluding hydrogens is 277 g/mol. The predicted molar refractivity (Wildman–Crippen MR) is 68.6 cm³/mol. The summed E-state index contributed by atoms with van der Waals surface area (Å²) in [4.78, 5) is -0.311. The van der Waals surface area contributed by atoms with E-state index in [1.54, 1.807) is 0 Å². The molecule has 0 radical (unpaired) electrons. The molecule has 3 nitrogen and oxygen atoms in total. The lowest BCUT2D eigenvalue weighted by Crippen LogP contribution is -2.31. The Balaban J connectivity index is 2.06. The molecule has 18 heavy (non-hydrogen) atoms. The van der Waals surface area contributed by atoms with Crippen LogP contribution in [-0.2, 0) is 10.0 Å². The Labute approximate surface area is 111 Å². The van der Waals surface area contributed by atoms with Crippen molar-refractivity contribution in [1.29, 1.82) is 0 Å². The molecule has 2 unspecified atom stereocenters. The van der Waals surface area contributed by atoms with E-state index in [-0.39, 0.29) is 22.7 Å². The fourth-order valence-corrected chi connectivity index (χ4v) is 3.72. The highest BCUT2D eigenvalue weighted by atomic mass is 35.5. The molecule has 1 fully saturated rings. The van der Waals surface area contributed by atoms with Gasteiger partial charge in [-0.1, -0.05) is 18.6 Å². The summed E-state index contributed by atoms with van der Waals surface area (Å²) in [5.74, 6) is -0.605. The SMILES string of the molecule is O=S(=O)(NCC1CCCC1Cl)c1ccccc1F. The second-order valence-electron chi connectivity index (χ2n) is 4.49. The van der Waals surface area contributed by atoms with Crippen molar-refractivity contribution in [2.75, 3.05) is 6.54 Å². The number of halogens is 2. The maximum absolute atomic E-state index is 13.4. The first kappa shape index (κ1) is 13.8. The number of hydrogen-bond acceptors (Lipinski definition) is 2. The van der Waals surface area contributed by atoms with E-state index in [9.17, 15) is 12.8 Å². The Kier molecular flexibility index (Phi) is 4.25. The number of rotatable bonds is 4. The zero-order valence-electron chi connectivity index (χ0n) is 9.77. The van der Waals surface area contributed by atoms with Gasteiger partial charge in [-0.3, -0.25) is 0 Å². The molecule has 1 saturated carbocycles. The average Bonchev–Trinajstić information content (AvgIpc) is 2.73. The quantitative estimate of drug-likeness (QED) is 0.867. The Hall–Kier alpha value is -0.650. The predicted octanol–water partition coefficient (Wildman–Crippen LogP) is 2.51.